The summed E-state index contributed by atoms with van der Waals surface area (Å²) >= 11 is 0. The Kier molecular flexibility index (Phi) is 11.9. The predicted octanol–water partition coefficient (Wildman–Crippen LogP) is 6.56. The zero-order valence-electron chi connectivity index (χ0n) is 29.2. The minimum atomic E-state index is -1.26. The number of hydrogen-bond donors (Lipinski definition) is 6. The Bertz CT molecular complexity index is 2180. The van der Waals surface area contributed by atoms with E-state index in [1.165, 1.54) is 24.3 Å². The highest BCUT2D eigenvalue weighted by Gasteiger charge is 2.18. The lowest BCUT2D eigenvalue weighted by molar-refractivity contribution is 0.0682. The minimum absolute atomic E-state index is 0.0882. The van der Waals surface area contributed by atoms with Crippen LogP contribution in [0.25, 0.3) is 0 Å². The summed E-state index contributed by atoms with van der Waals surface area (Å²) in [6.45, 7) is 2.78. The lowest BCUT2D eigenvalue weighted by Crippen LogP contribution is -2.38. The Hall–Kier alpha value is -7.67. The van der Waals surface area contributed by atoms with Crippen LogP contribution in [0, 0.1) is 0 Å². The number of carbonyl (C=O) groups is 4. The Labute approximate surface area is 317 Å². The number of azo groups is 2. The first kappa shape index (κ1) is 38.1. The molecule has 5 aromatic rings. The first-order valence-electron chi connectivity index (χ1n) is 16.8. The molecule has 56 heavy (non-hydrogen) atoms. The van der Waals surface area contributed by atoms with Crippen LogP contribution in [0.15, 0.2) is 105 Å². The van der Waals surface area contributed by atoms with Crippen molar-refractivity contribution < 1.29 is 44.3 Å². The van der Waals surface area contributed by atoms with Crippen LogP contribution < -0.4 is 15.5 Å². The quantitative estimate of drug-likeness (QED) is 0.0617. The molecule has 1 saturated heterocycles. The number of ether oxygens (including phenoxy) is 1. The third kappa shape index (κ3) is 9.85. The van der Waals surface area contributed by atoms with E-state index in [2.05, 4.69) is 46.0 Å². The fraction of sp³-hybridized carbons (Fsp3) is 0.162. The molecule has 4 aromatic carbocycles. The molecule has 0 spiro atoms. The molecule has 0 aliphatic carbocycles. The molecule has 1 fully saturated rings. The van der Waals surface area contributed by atoms with Crippen molar-refractivity contribution >= 4 is 63.9 Å². The van der Waals surface area contributed by atoms with Gasteiger partial charge in [0.1, 0.15) is 11.4 Å². The monoisotopic (exact) mass is 760 g/mol. The second kappa shape index (κ2) is 17.4. The van der Waals surface area contributed by atoms with E-state index in [4.69, 9.17) is 4.74 Å². The molecule has 0 atom stereocenters. The van der Waals surface area contributed by atoms with Crippen LogP contribution in [0.4, 0.5) is 40.1 Å². The van der Waals surface area contributed by atoms with Crippen LogP contribution in [0.3, 0.4) is 0 Å². The van der Waals surface area contributed by atoms with Crippen molar-refractivity contribution in [2.24, 2.45) is 20.5 Å². The summed E-state index contributed by atoms with van der Waals surface area (Å²) in [7, 11) is 0. The average molecular weight is 761 g/mol. The number of carboxylic acid groups (broad SMARTS) is 4. The average Bonchev–Trinajstić information content (AvgIpc) is 3.21. The number of aromatic nitrogens is 3. The highest BCUT2D eigenvalue weighted by Crippen LogP contribution is 2.27. The van der Waals surface area contributed by atoms with E-state index in [1.807, 2.05) is 4.90 Å². The summed E-state index contributed by atoms with van der Waals surface area (Å²) < 4.78 is 5.49. The summed E-state index contributed by atoms with van der Waals surface area (Å²) in [5.74, 6) is -3.50. The van der Waals surface area contributed by atoms with Gasteiger partial charge in [-0.15, -0.1) is 10.2 Å². The van der Waals surface area contributed by atoms with Crippen LogP contribution in [0.2, 0.25) is 0 Å². The van der Waals surface area contributed by atoms with Crippen LogP contribution >= 0.6 is 0 Å². The van der Waals surface area contributed by atoms with Gasteiger partial charge in [0.25, 0.3) is 0 Å². The SMILES string of the molecule is O=C(O)c1ccc(C(=O)O)c(N=Nc2ccc(NCc3nc(CNc4ccc(N=Nc5cc(C(=O)O)ccc5C(=O)O)cc4)nc(N4CCOCC4)n3)cc2)c1. The van der Waals surface area contributed by atoms with Crippen molar-refractivity contribution in [2.45, 2.75) is 13.1 Å². The molecule has 0 saturated carbocycles. The van der Waals surface area contributed by atoms with Crippen molar-refractivity contribution in [2.75, 3.05) is 41.8 Å². The minimum Gasteiger partial charge on any atom is -0.478 e. The summed E-state index contributed by atoms with van der Waals surface area (Å²) in [5, 5.41) is 60.1. The molecular weight excluding hydrogens is 728 g/mol. The largest absolute Gasteiger partial charge is 0.478 e. The maximum atomic E-state index is 11.6. The molecule has 1 aliphatic rings. The van der Waals surface area contributed by atoms with Gasteiger partial charge in [-0.05, 0) is 84.9 Å². The number of aromatic carboxylic acids is 4. The highest BCUT2D eigenvalue weighted by molar-refractivity contribution is 5.97. The summed E-state index contributed by atoms with van der Waals surface area (Å²) in [5.41, 5.74) is 1.47. The van der Waals surface area contributed by atoms with E-state index in [0.29, 0.717) is 66.6 Å². The number of hydrogen-bond acceptors (Lipinski definition) is 15. The number of benzene rings is 4. The summed E-state index contributed by atoms with van der Waals surface area (Å²) in [6, 6.07) is 20.6. The standard InChI is InChI=1S/C37H32N10O9/c48-33(49)21-1-11-27(35(52)53)29(17-21)45-43-25-7-3-23(4-8-25)38-19-31-40-32(42-37(41-31)47-13-15-56-16-14-47)20-39-24-5-9-26(10-6-24)44-46-30-18-22(34(50)51)2-12-28(30)36(54)55/h1-12,17-18,38-39H,13-16,19-20H2,(H,48,49)(H,50,51)(H,52,53)(H,54,55). The molecule has 2 heterocycles. The molecule has 0 unspecified atom stereocenters. The number of morpholine rings is 1. The lowest BCUT2D eigenvalue weighted by Gasteiger charge is -2.27. The van der Waals surface area contributed by atoms with E-state index in [9.17, 15) is 39.6 Å². The molecule has 6 N–H and O–H groups in total. The Balaban J connectivity index is 1.12. The number of nitrogens with zero attached hydrogens (tertiary/aromatic N) is 8. The number of nitrogens with one attached hydrogen (secondary N) is 2. The van der Waals surface area contributed by atoms with Crippen molar-refractivity contribution in [1.82, 2.24) is 15.0 Å². The summed E-state index contributed by atoms with van der Waals surface area (Å²) in [4.78, 5) is 61.9. The molecule has 19 nitrogen and oxygen atoms in total. The van der Waals surface area contributed by atoms with Gasteiger partial charge in [-0.1, -0.05) is 0 Å². The van der Waals surface area contributed by atoms with Gasteiger partial charge in [-0.2, -0.15) is 20.2 Å². The van der Waals surface area contributed by atoms with Crippen molar-refractivity contribution in [3.63, 3.8) is 0 Å². The van der Waals surface area contributed by atoms with Gasteiger partial charge in [0, 0.05) is 24.5 Å². The van der Waals surface area contributed by atoms with Crippen molar-refractivity contribution in [1.29, 1.82) is 0 Å². The van der Waals surface area contributed by atoms with Crippen LogP contribution in [-0.4, -0.2) is 85.6 Å². The molecule has 19 heteroatoms. The van der Waals surface area contributed by atoms with E-state index >= 15 is 0 Å². The first-order valence-corrected chi connectivity index (χ1v) is 16.8. The third-order valence-corrected chi connectivity index (χ3v) is 8.14. The number of anilines is 3. The summed E-state index contributed by atoms with van der Waals surface area (Å²) in [6.07, 6.45) is 0. The predicted molar refractivity (Wildman–Crippen MR) is 199 cm³/mol. The molecular formula is C37H32N10O9. The molecule has 1 aromatic heterocycles. The van der Waals surface area contributed by atoms with E-state index in [-0.39, 0.29) is 46.7 Å². The van der Waals surface area contributed by atoms with E-state index in [1.54, 1.807) is 48.5 Å². The normalized spacial score (nSPS) is 12.8. The highest BCUT2D eigenvalue weighted by atomic mass is 16.5. The maximum Gasteiger partial charge on any atom is 0.337 e. The number of rotatable bonds is 15. The van der Waals surface area contributed by atoms with E-state index < -0.39 is 23.9 Å². The molecule has 0 radical (unpaired) electrons. The Morgan fingerprint density at radius 1 is 0.571 bits per heavy atom. The van der Waals surface area contributed by atoms with Crippen LogP contribution in [0.1, 0.15) is 53.1 Å². The Morgan fingerprint density at radius 2 is 1.00 bits per heavy atom. The van der Waals surface area contributed by atoms with Gasteiger partial charge in [-0.3, -0.25) is 0 Å². The van der Waals surface area contributed by atoms with Gasteiger partial charge in [0.15, 0.2) is 11.6 Å². The van der Waals surface area contributed by atoms with Crippen molar-refractivity contribution in [3.05, 3.63) is 119 Å². The first-order chi connectivity index (χ1) is 27.0. The van der Waals surface area contributed by atoms with Gasteiger partial charge in [-0.25, -0.2) is 24.2 Å². The van der Waals surface area contributed by atoms with Crippen molar-refractivity contribution in [3.8, 4) is 0 Å². The van der Waals surface area contributed by atoms with Gasteiger partial charge < -0.3 is 40.7 Å². The topological polar surface area (TPSA) is 274 Å². The third-order valence-electron chi connectivity index (χ3n) is 8.14. The Morgan fingerprint density at radius 3 is 1.39 bits per heavy atom. The van der Waals surface area contributed by atoms with Gasteiger partial charge in [0.05, 0.1) is 59.9 Å². The maximum absolute atomic E-state index is 11.6. The lowest BCUT2D eigenvalue weighted by atomic mass is 10.1. The van der Waals surface area contributed by atoms with Gasteiger partial charge in [0.2, 0.25) is 5.95 Å². The molecule has 284 valence electrons. The van der Waals surface area contributed by atoms with Crippen LogP contribution in [0.5, 0.6) is 0 Å². The molecule has 1 aliphatic heterocycles. The zero-order chi connectivity index (χ0) is 39.6. The second-order valence-electron chi connectivity index (χ2n) is 12.0. The van der Waals surface area contributed by atoms with Gasteiger partial charge >= 0.3 is 23.9 Å². The molecule has 0 amide bonds. The second-order valence-corrected chi connectivity index (χ2v) is 12.0. The molecule has 0 bridgehead atoms. The fourth-order valence-electron chi connectivity index (χ4n) is 5.25. The van der Waals surface area contributed by atoms with Crippen LogP contribution in [-0.2, 0) is 17.8 Å². The molecule has 6 rings (SSSR count). The fourth-order valence-corrected chi connectivity index (χ4v) is 5.25. The van der Waals surface area contributed by atoms with E-state index in [0.717, 1.165) is 12.1 Å². The number of carboxylic acids is 4. The smallest absolute Gasteiger partial charge is 0.337 e. The zero-order valence-corrected chi connectivity index (χ0v) is 29.2.